The van der Waals surface area contributed by atoms with Crippen molar-refractivity contribution in [3.05, 3.63) is 75.8 Å². The molecule has 4 atom stereocenters. The number of allylic oxidation sites excluding steroid dienone is 1. The van der Waals surface area contributed by atoms with Crippen LogP contribution < -0.4 is 16.0 Å². The van der Waals surface area contributed by atoms with Crippen LogP contribution in [0.15, 0.2) is 59.1 Å². The van der Waals surface area contributed by atoms with Crippen LogP contribution in [0.2, 0.25) is 0 Å². The summed E-state index contributed by atoms with van der Waals surface area (Å²) < 4.78 is 5.40. The number of hydrogen-bond acceptors (Lipinski definition) is 12. The first-order valence-corrected chi connectivity index (χ1v) is 16.5. The van der Waals surface area contributed by atoms with E-state index in [1.807, 2.05) is 25.1 Å². The molecule has 15 heteroatoms. The van der Waals surface area contributed by atoms with Crippen molar-refractivity contribution in [3.63, 3.8) is 0 Å². The molecule has 7 N–H and O–H groups in total. The second-order valence-corrected chi connectivity index (χ2v) is 13.5. The molecular weight excluding hydrogens is 662 g/mol. The summed E-state index contributed by atoms with van der Waals surface area (Å²) in [5.74, 6) is -8.43. The predicted octanol–water partition coefficient (Wildman–Crippen LogP) is 2.17. The van der Waals surface area contributed by atoms with E-state index in [2.05, 4.69) is 5.32 Å². The number of aromatic hydroxyl groups is 1. The van der Waals surface area contributed by atoms with Crippen molar-refractivity contribution in [2.24, 2.45) is 17.6 Å². The lowest BCUT2D eigenvalue weighted by Crippen LogP contribution is -2.63. The number of ether oxygens (including phenoxy) is 1. The highest BCUT2D eigenvalue weighted by Gasteiger charge is 2.63. The van der Waals surface area contributed by atoms with Gasteiger partial charge in [0, 0.05) is 37.8 Å². The lowest BCUT2D eigenvalue weighted by atomic mass is 9.58. The minimum absolute atomic E-state index is 0.00365. The monoisotopic (exact) mass is 705 g/mol. The molecule has 0 saturated carbocycles. The molecule has 0 radical (unpaired) electrons. The van der Waals surface area contributed by atoms with Gasteiger partial charge in [0.05, 0.1) is 17.3 Å². The number of nitrogens with two attached hydrogens (primary N) is 1. The average molecular weight is 706 g/mol. The third kappa shape index (κ3) is 6.38. The maximum absolute atomic E-state index is 14.3. The van der Waals surface area contributed by atoms with Crippen molar-refractivity contribution in [1.82, 2.24) is 9.80 Å². The largest absolute Gasteiger partial charge is 0.510 e. The smallest absolute Gasteiger partial charge is 0.410 e. The number of aliphatic hydroxyl groups is 3. The summed E-state index contributed by atoms with van der Waals surface area (Å²) in [6.45, 7) is 1.61. The SMILES string of the molecule is CCCN(CC(=O)Nc1cc(N(C)C)c2c(c1O)C(=O)C1=C(O)[C@]3(O)C(=O)C(C(N)=O)=C(O)[C@@H](N(C)C)[C@@H]3C[C@@H]1C2)C(=O)OCc1ccccc1. The fourth-order valence-corrected chi connectivity index (χ4v) is 7.47. The Morgan fingerprint density at radius 1 is 1.06 bits per heavy atom. The number of phenols is 1. The topological polar surface area (TPSA) is 223 Å². The van der Waals surface area contributed by atoms with E-state index >= 15 is 0 Å². The van der Waals surface area contributed by atoms with Crippen LogP contribution in [0.5, 0.6) is 5.75 Å². The van der Waals surface area contributed by atoms with Crippen LogP contribution in [-0.4, -0.2) is 113 Å². The third-order valence-electron chi connectivity index (χ3n) is 9.75. The number of primary amides is 1. The second kappa shape index (κ2) is 14.1. The van der Waals surface area contributed by atoms with Gasteiger partial charge in [-0.25, -0.2) is 4.79 Å². The van der Waals surface area contributed by atoms with Gasteiger partial charge in [-0.3, -0.25) is 29.0 Å². The van der Waals surface area contributed by atoms with Crippen LogP contribution in [-0.2, 0) is 32.1 Å². The van der Waals surface area contributed by atoms with Gasteiger partial charge in [-0.05, 0) is 56.5 Å². The van der Waals surface area contributed by atoms with Crippen LogP contribution in [0.3, 0.4) is 0 Å². The van der Waals surface area contributed by atoms with Crippen LogP contribution in [0.4, 0.5) is 16.2 Å². The van der Waals surface area contributed by atoms with E-state index in [4.69, 9.17) is 10.5 Å². The van der Waals surface area contributed by atoms with E-state index in [-0.39, 0.29) is 42.8 Å². The molecule has 3 amide bonds. The van der Waals surface area contributed by atoms with Crippen LogP contribution >= 0.6 is 0 Å². The van der Waals surface area contributed by atoms with Gasteiger partial charge >= 0.3 is 6.09 Å². The van der Waals surface area contributed by atoms with E-state index < -0.39 is 82.3 Å². The number of ketones is 2. The molecule has 51 heavy (non-hydrogen) atoms. The summed E-state index contributed by atoms with van der Waals surface area (Å²) in [5, 5.41) is 48.6. The minimum atomic E-state index is -2.78. The molecular formula is C36H43N5O10. The van der Waals surface area contributed by atoms with Crippen molar-refractivity contribution in [3.8, 4) is 5.75 Å². The van der Waals surface area contributed by atoms with Gasteiger partial charge in [-0.2, -0.15) is 0 Å². The van der Waals surface area contributed by atoms with Gasteiger partial charge in [-0.15, -0.1) is 0 Å². The summed E-state index contributed by atoms with van der Waals surface area (Å²) in [7, 11) is 6.51. The number of rotatable bonds is 10. The Labute approximate surface area is 294 Å². The Morgan fingerprint density at radius 2 is 1.73 bits per heavy atom. The molecule has 0 spiro atoms. The molecule has 0 unspecified atom stereocenters. The molecule has 0 heterocycles. The molecule has 0 saturated heterocycles. The molecule has 3 aliphatic rings. The highest BCUT2D eigenvalue weighted by molar-refractivity contribution is 6.25. The number of fused-ring (bicyclic) bond motifs is 3. The number of phenolic OH excluding ortho intramolecular Hbond substituents is 1. The van der Waals surface area contributed by atoms with E-state index in [1.165, 1.54) is 15.9 Å². The Bertz CT molecular complexity index is 1850. The zero-order chi connectivity index (χ0) is 37.5. The zero-order valence-electron chi connectivity index (χ0n) is 29.1. The van der Waals surface area contributed by atoms with Crippen molar-refractivity contribution in [2.45, 2.75) is 44.4 Å². The number of carbonyl (C=O) groups is 5. The second-order valence-electron chi connectivity index (χ2n) is 13.5. The molecule has 0 fully saturated rings. The lowest BCUT2D eigenvalue weighted by molar-refractivity contribution is -0.148. The van der Waals surface area contributed by atoms with Gasteiger partial charge in [-0.1, -0.05) is 37.3 Å². The number of nitrogens with zero attached hydrogens (tertiary/aromatic N) is 3. The van der Waals surface area contributed by atoms with Crippen molar-refractivity contribution >= 4 is 40.8 Å². The molecule has 2 aromatic carbocycles. The van der Waals surface area contributed by atoms with Gasteiger partial charge in [0.15, 0.2) is 17.1 Å². The van der Waals surface area contributed by atoms with Gasteiger partial charge in [0.1, 0.15) is 30.2 Å². The number of likely N-dealkylation sites (N-methyl/N-ethyl adjacent to an activating group) is 1. The summed E-state index contributed by atoms with van der Waals surface area (Å²) in [5.41, 5.74) is 2.62. The van der Waals surface area contributed by atoms with E-state index in [9.17, 15) is 44.4 Å². The summed E-state index contributed by atoms with van der Waals surface area (Å²) in [4.78, 5) is 70.7. The van der Waals surface area contributed by atoms with Crippen LogP contribution in [0.25, 0.3) is 0 Å². The minimum Gasteiger partial charge on any atom is -0.510 e. The number of aliphatic hydroxyl groups excluding tert-OH is 2. The first-order chi connectivity index (χ1) is 24.0. The Morgan fingerprint density at radius 3 is 2.31 bits per heavy atom. The van der Waals surface area contributed by atoms with E-state index in [1.54, 1.807) is 45.2 Å². The number of Topliss-reactive ketones (excluding diaryl/α,β-unsaturated/α-hetero) is 2. The molecule has 2 aromatic rings. The van der Waals surface area contributed by atoms with Crippen molar-refractivity contribution < 1.29 is 49.1 Å². The number of anilines is 2. The Balaban J connectivity index is 1.49. The normalized spacial score (nSPS) is 22.6. The van der Waals surface area contributed by atoms with Gasteiger partial charge < -0.3 is 41.1 Å². The van der Waals surface area contributed by atoms with Gasteiger partial charge in [0.2, 0.25) is 11.7 Å². The molecule has 0 aliphatic heterocycles. The molecule has 15 nitrogen and oxygen atoms in total. The zero-order valence-corrected chi connectivity index (χ0v) is 29.1. The number of hydrogen-bond donors (Lipinski definition) is 6. The number of benzene rings is 2. The maximum atomic E-state index is 14.3. The summed E-state index contributed by atoms with van der Waals surface area (Å²) in [6, 6.07) is 9.42. The first kappa shape index (κ1) is 36.9. The molecule has 272 valence electrons. The van der Waals surface area contributed by atoms with Crippen LogP contribution in [0, 0.1) is 11.8 Å². The third-order valence-corrected chi connectivity index (χ3v) is 9.75. The summed E-state index contributed by atoms with van der Waals surface area (Å²) >= 11 is 0. The number of amides is 3. The number of nitrogens with one attached hydrogen (secondary N) is 1. The fraction of sp³-hybridized carbons (Fsp3) is 0.417. The molecule has 3 aliphatic carbocycles. The number of carbonyl (C=O) groups excluding carboxylic acids is 5. The predicted molar refractivity (Wildman–Crippen MR) is 185 cm³/mol. The van der Waals surface area contributed by atoms with Crippen molar-refractivity contribution in [2.75, 3.05) is 51.5 Å². The fourth-order valence-electron chi connectivity index (χ4n) is 7.47. The molecule has 0 bridgehead atoms. The highest BCUT2D eigenvalue weighted by Crippen LogP contribution is 2.54. The Hall–Kier alpha value is -5.41. The lowest BCUT2D eigenvalue weighted by Gasteiger charge is -2.50. The highest BCUT2D eigenvalue weighted by atomic mass is 16.6. The Kier molecular flexibility index (Phi) is 10.2. The molecule has 0 aromatic heterocycles. The van der Waals surface area contributed by atoms with E-state index in [0.717, 1.165) is 5.56 Å². The molecule has 5 rings (SSSR count). The quantitative estimate of drug-likeness (QED) is 0.155. The maximum Gasteiger partial charge on any atom is 0.410 e. The first-order valence-electron chi connectivity index (χ1n) is 16.5. The summed E-state index contributed by atoms with van der Waals surface area (Å²) in [6.07, 6.45) is -0.182. The van der Waals surface area contributed by atoms with Crippen LogP contribution in [0.1, 0.15) is 41.3 Å². The standard InChI is InChI=1S/C36H43N5O10/c1-6-12-41(35(49)51-17-18-10-8-7-9-11-18)16-24(42)38-22-15-23(39(2)3)20-13-19-14-21-28(40(4)5)31(45)27(34(37)48)33(47)36(21,50)32(46)25(19)30(44)26(20)29(22)43/h7-11,15,19,21,28,43,45-46,50H,6,12-14,16-17H2,1-5H3,(H2,37,48)(H,38,42)/t19-,21-,28-,36-/m0/s1. The average Bonchev–Trinajstić information content (AvgIpc) is 3.06. The van der Waals surface area contributed by atoms with Gasteiger partial charge in [0.25, 0.3) is 5.91 Å². The van der Waals surface area contributed by atoms with Crippen molar-refractivity contribution in [1.29, 1.82) is 0 Å². The van der Waals surface area contributed by atoms with E-state index in [0.29, 0.717) is 17.7 Å².